The van der Waals surface area contributed by atoms with Gasteiger partial charge in [0.1, 0.15) is 11.6 Å². The minimum Gasteiger partial charge on any atom is -0.493 e. The predicted molar refractivity (Wildman–Crippen MR) is 154 cm³/mol. The molecule has 3 aromatic carbocycles. The maximum absolute atomic E-state index is 13.9. The molecule has 218 valence electrons. The van der Waals surface area contributed by atoms with Gasteiger partial charge in [0.05, 0.1) is 22.6 Å². The molecule has 11 heteroatoms. The fraction of sp³-hybridized carbons (Fsp3) is 0.250. The normalized spacial score (nSPS) is 15.5. The van der Waals surface area contributed by atoms with E-state index in [0.29, 0.717) is 28.9 Å². The third-order valence-corrected chi connectivity index (χ3v) is 9.79. The van der Waals surface area contributed by atoms with Gasteiger partial charge in [0.15, 0.2) is 4.90 Å². The second kappa shape index (κ2) is 10.8. The van der Waals surface area contributed by atoms with E-state index in [9.17, 15) is 32.8 Å². The predicted octanol–water partition coefficient (Wildman–Crippen LogP) is 4.51. The van der Waals surface area contributed by atoms with Gasteiger partial charge in [-0.05, 0) is 90.6 Å². The van der Waals surface area contributed by atoms with Gasteiger partial charge < -0.3 is 10.8 Å². The highest BCUT2D eigenvalue weighted by Gasteiger charge is 2.40. The third-order valence-electron chi connectivity index (χ3n) is 8.00. The lowest BCUT2D eigenvalue weighted by atomic mass is 9.99. The van der Waals surface area contributed by atoms with Gasteiger partial charge >= 0.3 is 0 Å². The Labute approximate surface area is 247 Å². The van der Waals surface area contributed by atoms with Crippen molar-refractivity contribution < 1.29 is 22.7 Å². The molecule has 2 fully saturated rings. The van der Waals surface area contributed by atoms with Crippen molar-refractivity contribution in [2.45, 2.75) is 47.9 Å². The molecule has 1 heterocycles. The molecule has 43 heavy (non-hydrogen) atoms. The summed E-state index contributed by atoms with van der Waals surface area (Å²) in [4.78, 5) is 28.3. The first-order valence-electron chi connectivity index (χ1n) is 13.9. The lowest BCUT2D eigenvalue weighted by molar-refractivity contribution is 0.100. The van der Waals surface area contributed by atoms with Crippen LogP contribution in [0.15, 0.2) is 81.3 Å². The largest absolute Gasteiger partial charge is 0.493 e. The number of nitrogens with zero attached hydrogens (tertiary/aromatic N) is 3. The van der Waals surface area contributed by atoms with Crippen molar-refractivity contribution in [1.82, 2.24) is 9.55 Å². The molecule has 2 saturated carbocycles. The number of sulfone groups is 1. The molecule has 1 amide bonds. The van der Waals surface area contributed by atoms with Crippen LogP contribution in [-0.4, -0.2) is 29.0 Å². The number of amides is 1. The molecule has 0 spiro atoms. The first kappa shape index (κ1) is 28.3. The molecule has 1 aromatic heterocycles. The average molecular weight is 599 g/mol. The summed E-state index contributed by atoms with van der Waals surface area (Å²) in [5.74, 6) is -1.52. The number of aromatic hydroxyl groups is 1. The molecule has 0 bridgehead atoms. The van der Waals surface area contributed by atoms with Crippen molar-refractivity contribution in [2.24, 2.45) is 17.6 Å². The van der Waals surface area contributed by atoms with Crippen LogP contribution in [0.4, 0.5) is 4.39 Å². The first-order valence-corrected chi connectivity index (χ1v) is 15.4. The summed E-state index contributed by atoms with van der Waals surface area (Å²) in [6.07, 6.45) is 3.98. The van der Waals surface area contributed by atoms with Gasteiger partial charge in [-0.15, -0.1) is 0 Å². The summed E-state index contributed by atoms with van der Waals surface area (Å²) < 4.78 is 43.0. The van der Waals surface area contributed by atoms with Crippen molar-refractivity contribution in [1.29, 1.82) is 5.26 Å². The lowest BCUT2D eigenvalue weighted by Gasteiger charge is -2.26. The fourth-order valence-electron chi connectivity index (χ4n) is 5.54. The number of rotatable bonds is 9. The maximum atomic E-state index is 13.9. The summed E-state index contributed by atoms with van der Waals surface area (Å²) >= 11 is 0. The van der Waals surface area contributed by atoms with E-state index >= 15 is 0 Å². The number of hydrogen-bond donors (Lipinski definition) is 2. The topological polar surface area (TPSA) is 156 Å². The Morgan fingerprint density at radius 2 is 1.81 bits per heavy atom. The molecule has 3 N–H and O–H groups in total. The van der Waals surface area contributed by atoms with E-state index in [2.05, 4.69) is 11.1 Å². The van der Waals surface area contributed by atoms with E-state index in [0.717, 1.165) is 43.4 Å². The van der Waals surface area contributed by atoms with Gasteiger partial charge in [-0.1, -0.05) is 30.3 Å². The SMILES string of the molecule is N#Cc1cccc(C(C2CC2)n2c(CC3CC3)nc(=O)c(S(=O)(=O)c3ccc(-c4ccc(F)cc4C(N)=O)cc3)c2O)c1. The van der Waals surface area contributed by atoms with Crippen LogP contribution in [0.3, 0.4) is 0 Å². The highest BCUT2D eigenvalue weighted by molar-refractivity contribution is 7.91. The zero-order valence-electron chi connectivity index (χ0n) is 22.9. The molecule has 4 aromatic rings. The van der Waals surface area contributed by atoms with E-state index in [-0.39, 0.29) is 22.3 Å². The molecule has 2 aliphatic rings. The standard InChI is InChI=1S/C32H27FN4O5S/c33-23-10-13-25(26(16-23)30(35)38)20-8-11-24(12-9-20)43(41,42)29-31(39)36-27(15-18-4-5-18)37(32(29)40)28(21-6-7-21)22-3-1-2-19(14-22)17-34/h1-3,8-14,16,18,21,28,40H,4-7,15H2,(H2,35,38). The Hall–Kier alpha value is -4.82. The van der Waals surface area contributed by atoms with Crippen LogP contribution in [0, 0.1) is 29.0 Å². The van der Waals surface area contributed by atoms with Crippen LogP contribution in [0.2, 0.25) is 0 Å². The van der Waals surface area contributed by atoms with Crippen LogP contribution >= 0.6 is 0 Å². The van der Waals surface area contributed by atoms with Crippen molar-refractivity contribution in [3.05, 3.63) is 105 Å². The van der Waals surface area contributed by atoms with Crippen LogP contribution in [0.1, 0.15) is 59.0 Å². The Balaban J connectivity index is 1.47. The van der Waals surface area contributed by atoms with E-state index in [1.165, 1.54) is 34.9 Å². The molecule has 1 unspecified atom stereocenters. The molecular weight excluding hydrogens is 571 g/mol. The van der Waals surface area contributed by atoms with Gasteiger partial charge in [0.25, 0.3) is 5.56 Å². The smallest absolute Gasteiger partial charge is 0.296 e. The molecular formula is C32H27FN4O5S. The lowest BCUT2D eigenvalue weighted by Crippen LogP contribution is -2.28. The molecule has 0 aliphatic heterocycles. The third kappa shape index (κ3) is 5.42. The number of benzene rings is 3. The van der Waals surface area contributed by atoms with E-state index in [4.69, 9.17) is 5.73 Å². The summed E-state index contributed by atoms with van der Waals surface area (Å²) in [6.45, 7) is 0. The zero-order valence-corrected chi connectivity index (χ0v) is 23.7. The van der Waals surface area contributed by atoms with E-state index < -0.39 is 43.9 Å². The number of aromatic nitrogens is 2. The number of primary amides is 1. The van der Waals surface area contributed by atoms with Crippen molar-refractivity contribution in [3.8, 4) is 23.1 Å². The molecule has 0 saturated heterocycles. The van der Waals surface area contributed by atoms with Crippen molar-refractivity contribution in [2.75, 3.05) is 0 Å². The second-order valence-corrected chi connectivity index (χ2v) is 13.0. The first-order chi connectivity index (χ1) is 20.6. The number of nitrogens with two attached hydrogens (primary N) is 1. The number of halogens is 1. The van der Waals surface area contributed by atoms with Gasteiger partial charge in [0, 0.05) is 12.0 Å². The Morgan fingerprint density at radius 1 is 1.09 bits per heavy atom. The fourth-order valence-corrected chi connectivity index (χ4v) is 6.88. The van der Waals surface area contributed by atoms with Gasteiger partial charge in [-0.3, -0.25) is 14.2 Å². The minimum absolute atomic E-state index is 0.0621. The average Bonchev–Trinajstić information content (AvgIpc) is 3.91. The van der Waals surface area contributed by atoms with Gasteiger partial charge in [-0.25, -0.2) is 12.8 Å². The molecule has 1 atom stereocenters. The Kier molecular flexibility index (Phi) is 7.10. The number of carbonyl (C=O) groups is 1. The molecule has 2 aliphatic carbocycles. The van der Waals surface area contributed by atoms with E-state index in [1.54, 1.807) is 18.2 Å². The zero-order chi connectivity index (χ0) is 30.5. The van der Waals surface area contributed by atoms with Gasteiger partial charge in [0.2, 0.25) is 21.6 Å². The number of carbonyl (C=O) groups excluding carboxylic acids is 1. The quantitative estimate of drug-likeness (QED) is 0.287. The second-order valence-electron chi connectivity index (χ2n) is 11.1. The van der Waals surface area contributed by atoms with Crippen molar-refractivity contribution in [3.63, 3.8) is 0 Å². The molecule has 0 radical (unpaired) electrons. The van der Waals surface area contributed by atoms with Gasteiger partial charge in [-0.2, -0.15) is 10.2 Å². The highest BCUT2D eigenvalue weighted by atomic mass is 32.2. The maximum Gasteiger partial charge on any atom is 0.296 e. The number of nitriles is 1. The molecule has 6 rings (SSSR count). The van der Waals surface area contributed by atoms with Crippen LogP contribution in [0.25, 0.3) is 11.1 Å². The molecule has 9 nitrogen and oxygen atoms in total. The summed E-state index contributed by atoms with van der Waals surface area (Å²) in [6, 6.07) is 17.4. The Bertz CT molecular complexity index is 1970. The van der Waals surface area contributed by atoms with Crippen LogP contribution in [-0.2, 0) is 16.3 Å². The van der Waals surface area contributed by atoms with Crippen LogP contribution in [0.5, 0.6) is 5.88 Å². The van der Waals surface area contributed by atoms with E-state index in [1.807, 2.05) is 6.07 Å². The number of hydrogen-bond acceptors (Lipinski definition) is 7. The van der Waals surface area contributed by atoms with Crippen LogP contribution < -0.4 is 11.3 Å². The summed E-state index contributed by atoms with van der Waals surface area (Å²) in [7, 11) is -4.57. The monoisotopic (exact) mass is 598 g/mol. The Morgan fingerprint density at radius 3 is 2.44 bits per heavy atom. The van der Waals surface area contributed by atoms with Crippen molar-refractivity contribution >= 4 is 15.7 Å². The summed E-state index contributed by atoms with van der Waals surface area (Å²) in [5.41, 5.74) is 6.14. The highest BCUT2D eigenvalue weighted by Crippen LogP contribution is 2.47. The summed E-state index contributed by atoms with van der Waals surface area (Å²) in [5, 5.41) is 21.1. The minimum atomic E-state index is -4.57.